The van der Waals surface area contributed by atoms with Gasteiger partial charge in [0.15, 0.2) is 5.65 Å². The van der Waals surface area contributed by atoms with Gasteiger partial charge in [0.05, 0.1) is 18.4 Å². The minimum absolute atomic E-state index is 0.0315. The van der Waals surface area contributed by atoms with E-state index in [1.54, 1.807) is 21.9 Å². The van der Waals surface area contributed by atoms with Crippen molar-refractivity contribution in [2.45, 2.75) is 38.3 Å². The number of aromatic nitrogens is 3. The SMILES string of the molecule is Cn1cnc2cc(C(=O)N(Cc3c(F)cccc3F)C3CCCC3)cnc21. The molecule has 2 heterocycles. The molecule has 2 aromatic heterocycles. The predicted octanol–water partition coefficient (Wildman–Crippen LogP) is 3.83. The maximum absolute atomic E-state index is 14.2. The van der Waals surface area contributed by atoms with Crippen LogP contribution in [0.15, 0.2) is 36.8 Å². The number of carbonyl (C=O) groups is 1. The van der Waals surface area contributed by atoms with Crippen LogP contribution in [-0.2, 0) is 13.6 Å². The number of hydrogen-bond donors (Lipinski definition) is 0. The van der Waals surface area contributed by atoms with Gasteiger partial charge in [0.25, 0.3) is 5.91 Å². The van der Waals surface area contributed by atoms with Crippen molar-refractivity contribution in [1.29, 1.82) is 0 Å². The standard InChI is InChI=1S/C20H20F2N4O/c1-25-12-24-18-9-13(10-23-19(18)25)20(27)26(14-5-2-3-6-14)11-15-16(21)7-4-8-17(15)22/h4,7-10,12,14H,2-3,5-6,11H2,1H3. The van der Waals surface area contributed by atoms with E-state index in [0.29, 0.717) is 16.7 Å². The van der Waals surface area contributed by atoms with Crippen LogP contribution >= 0.6 is 0 Å². The normalized spacial score (nSPS) is 14.8. The van der Waals surface area contributed by atoms with E-state index < -0.39 is 11.6 Å². The average Bonchev–Trinajstić information content (AvgIpc) is 3.31. The number of nitrogens with zero attached hydrogens (tertiary/aromatic N) is 4. The smallest absolute Gasteiger partial charge is 0.256 e. The topological polar surface area (TPSA) is 51.0 Å². The Labute approximate surface area is 155 Å². The summed E-state index contributed by atoms with van der Waals surface area (Å²) < 4.78 is 30.1. The monoisotopic (exact) mass is 370 g/mol. The van der Waals surface area contributed by atoms with Gasteiger partial charge in [0.1, 0.15) is 17.2 Å². The molecule has 7 heteroatoms. The second-order valence-corrected chi connectivity index (χ2v) is 6.99. The van der Waals surface area contributed by atoms with Crippen LogP contribution in [-0.4, -0.2) is 31.4 Å². The first kappa shape index (κ1) is 17.6. The van der Waals surface area contributed by atoms with Gasteiger partial charge in [-0.3, -0.25) is 4.79 Å². The Hall–Kier alpha value is -2.83. The van der Waals surface area contributed by atoms with Crippen LogP contribution in [0.25, 0.3) is 11.2 Å². The number of aryl methyl sites for hydroxylation is 1. The largest absolute Gasteiger partial charge is 0.331 e. The Kier molecular flexibility index (Phi) is 4.59. The minimum atomic E-state index is -0.635. The lowest BCUT2D eigenvalue weighted by atomic mass is 10.1. The number of imidazole rings is 1. The van der Waals surface area contributed by atoms with Gasteiger partial charge in [-0.25, -0.2) is 18.7 Å². The van der Waals surface area contributed by atoms with E-state index in [2.05, 4.69) is 9.97 Å². The van der Waals surface area contributed by atoms with Gasteiger partial charge in [-0.15, -0.1) is 0 Å². The number of rotatable bonds is 4. The van der Waals surface area contributed by atoms with Crippen LogP contribution in [0.5, 0.6) is 0 Å². The third kappa shape index (κ3) is 3.29. The Morgan fingerprint density at radius 3 is 2.63 bits per heavy atom. The van der Waals surface area contributed by atoms with Crippen molar-refractivity contribution in [3.8, 4) is 0 Å². The number of halogens is 2. The first-order valence-corrected chi connectivity index (χ1v) is 9.05. The van der Waals surface area contributed by atoms with E-state index >= 15 is 0 Å². The number of benzene rings is 1. The Morgan fingerprint density at radius 2 is 1.93 bits per heavy atom. The molecule has 1 aromatic carbocycles. The molecule has 3 aromatic rings. The number of carbonyl (C=O) groups excluding carboxylic acids is 1. The van der Waals surface area contributed by atoms with Crippen LogP contribution in [0.4, 0.5) is 8.78 Å². The molecule has 140 valence electrons. The van der Waals surface area contributed by atoms with Crippen LogP contribution in [0.1, 0.15) is 41.6 Å². The zero-order valence-electron chi connectivity index (χ0n) is 15.0. The second kappa shape index (κ2) is 7.06. The van der Waals surface area contributed by atoms with Crippen molar-refractivity contribution in [1.82, 2.24) is 19.4 Å². The maximum atomic E-state index is 14.2. The summed E-state index contributed by atoms with van der Waals surface area (Å²) in [6.45, 7) is -0.0950. The number of fused-ring (bicyclic) bond motifs is 1. The van der Waals surface area contributed by atoms with Gasteiger partial charge in [-0.1, -0.05) is 18.9 Å². The highest BCUT2D eigenvalue weighted by molar-refractivity contribution is 5.96. The van der Waals surface area contributed by atoms with E-state index in [9.17, 15) is 13.6 Å². The quantitative estimate of drug-likeness (QED) is 0.701. The summed E-state index contributed by atoms with van der Waals surface area (Å²) in [6, 6.07) is 5.42. The molecule has 1 amide bonds. The lowest BCUT2D eigenvalue weighted by molar-refractivity contribution is 0.0660. The molecule has 0 spiro atoms. The molecule has 0 radical (unpaired) electrons. The lowest BCUT2D eigenvalue weighted by Gasteiger charge is -2.29. The Bertz CT molecular complexity index is 975. The van der Waals surface area contributed by atoms with Gasteiger partial charge in [-0.2, -0.15) is 0 Å². The molecule has 0 bridgehead atoms. The van der Waals surface area contributed by atoms with Crippen LogP contribution in [0.2, 0.25) is 0 Å². The van der Waals surface area contributed by atoms with E-state index in [-0.39, 0.29) is 24.1 Å². The zero-order chi connectivity index (χ0) is 19.0. The fourth-order valence-electron chi connectivity index (χ4n) is 3.74. The molecule has 1 fully saturated rings. The molecule has 1 aliphatic carbocycles. The fraction of sp³-hybridized carbons (Fsp3) is 0.350. The molecule has 5 nitrogen and oxygen atoms in total. The van der Waals surface area contributed by atoms with Gasteiger partial charge in [0.2, 0.25) is 0 Å². The van der Waals surface area contributed by atoms with Crippen molar-refractivity contribution in [2.75, 3.05) is 0 Å². The van der Waals surface area contributed by atoms with Crippen molar-refractivity contribution in [2.24, 2.45) is 7.05 Å². The molecule has 1 aliphatic rings. The highest BCUT2D eigenvalue weighted by atomic mass is 19.1. The molecular formula is C20H20F2N4O. The molecule has 0 N–H and O–H groups in total. The summed E-state index contributed by atoms with van der Waals surface area (Å²) in [7, 11) is 1.83. The first-order chi connectivity index (χ1) is 13.0. The first-order valence-electron chi connectivity index (χ1n) is 9.05. The number of hydrogen-bond acceptors (Lipinski definition) is 3. The predicted molar refractivity (Wildman–Crippen MR) is 97.0 cm³/mol. The van der Waals surface area contributed by atoms with Crippen molar-refractivity contribution >= 4 is 17.1 Å². The molecule has 0 unspecified atom stereocenters. The summed E-state index contributed by atoms with van der Waals surface area (Å²) >= 11 is 0. The van der Waals surface area contributed by atoms with Crippen LogP contribution in [0.3, 0.4) is 0 Å². The van der Waals surface area contributed by atoms with Crippen LogP contribution in [0, 0.1) is 11.6 Å². The van der Waals surface area contributed by atoms with E-state index in [0.717, 1.165) is 25.7 Å². The van der Waals surface area contributed by atoms with E-state index in [1.165, 1.54) is 24.4 Å². The molecule has 0 aliphatic heterocycles. The average molecular weight is 370 g/mol. The summed E-state index contributed by atoms with van der Waals surface area (Å²) in [5.74, 6) is -1.54. The zero-order valence-corrected chi connectivity index (χ0v) is 15.0. The lowest BCUT2D eigenvalue weighted by Crippen LogP contribution is -2.38. The molecule has 27 heavy (non-hydrogen) atoms. The van der Waals surface area contributed by atoms with Crippen LogP contribution < -0.4 is 0 Å². The Balaban J connectivity index is 1.69. The minimum Gasteiger partial charge on any atom is -0.331 e. The second-order valence-electron chi connectivity index (χ2n) is 6.99. The third-order valence-electron chi connectivity index (χ3n) is 5.21. The van der Waals surface area contributed by atoms with E-state index in [1.807, 2.05) is 7.05 Å². The summed E-state index contributed by atoms with van der Waals surface area (Å²) in [4.78, 5) is 23.4. The number of amides is 1. The number of pyridine rings is 1. The molecule has 4 rings (SSSR count). The third-order valence-corrected chi connectivity index (χ3v) is 5.21. The summed E-state index contributed by atoms with van der Waals surface area (Å²) in [5, 5.41) is 0. The van der Waals surface area contributed by atoms with Gasteiger partial charge >= 0.3 is 0 Å². The fourth-order valence-corrected chi connectivity index (χ4v) is 3.74. The van der Waals surface area contributed by atoms with Gasteiger partial charge in [-0.05, 0) is 31.0 Å². The van der Waals surface area contributed by atoms with Crippen molar-refractivity contribution in [3.05, 3.63) is 59.6 Å². The Morgan fingerprint density at radius 1 is 1.22 bits per heavy atom. The van der Waals surface area contributed by atoms with Gasteiger partial charge < -0.3 is 9.47 Å². The van der Waals surface area contributed by atoms with Crippen molar-refractivity contribution < 1.29 is 13.6 Å². The van der Waals surface area contributed by atoms with Crippen molar-refractivity contribution in [3.63, 3.8) is 0 Å². The highest BCUT2D eigenvalue weighted by Crippen LogP contribution is 2.28. The summed E-state index contributed by atoms with van der Waals surface area (Å²) in [5.41, 5.74) is 1.60. The summed E-state index contributed by atoms with van der Waals surface area (Å²) in [6.07, 6.45) is 6.82. The molecule has 1 saturated carbocycles. The highest BCUT2D eigenvalue weighted by Gasteiger charge is 2.29. The molecule has 0 atom stereocenters. The molecule has 0 saturated heterocycles. The maximum Gasteiger partial charge on any atom is 0.256 e. The van der Waals surface area contributed by atoms with E-state index in [4.69, 9.17) is 0 Å². The molecular weight excluding hydrogens is 350 g/mol. The van der Waals surface area contributed by atoms with Gasteiger partial charge in [0, 0.05) is 24.8 Å².